The number of ether oxygens (including phenoxy) is 1. The molecule has 1 atom stereocenters. The molecule has 25 heavy (non-hydrogen) atoms. The highest BCUT2D eigenvalue weighted by atomic mass is 32.1. The van der Waals surface area contributed by atoms with Gasteiger partial charge in [0.05, 0.1) is 7.11 Å². The summed E-state index contributed by atoms with van der Waals surface area (Å²) in [7, 11) is 1.67. The van der Waals surface area contributed by atoms with E-state index >= 15 is 0 Å². The standard InChI is InChI=1S/C21H21NO2S/c1-3-13-4-6-15-19(10-13)25-20-11-14(5-7-16(20)21(15)23)17-12-22-9-8-18(17)24-2/h5,7-9,11-13H,3-4,6,10H2,1-2H3. The normalized spacial score (nSPS) is 16.6. The van der Waals surface area contributed by atoms with Gasteiger partial charge in [-0.3, -0.25) is 9.78 Å². The molecular weight excluding hydrogens is 330 g/mol. The Kier molecular flexibility index (Phi) is 4.30. The van der Waals surface area contributed by atoms with Crippen LogP contribution in [-0.4, -0.2) is 12.1 Å². The van der Waals surface area contributed by atoms with Gasteiger partial charge in [0.25, 0.3) is 0 Å². The van der Waals surface area contributed by atoms with Crippen LogP contribution in [0.2, 0.25) is 0 Å². The minimum absolute atomic E-state index is 0.225. The highest BCUT2D eigenvalue weighted by Gasteiger charge is 2.22. The van der Waals surface area contributed by atoms with Gasteiger partial charge < -0.3 is 4.74 Å². The molecule has 0 spiro atoms. The third kappa shape index (κ3) is 2.85. The first-order chi connectivity index (χ1) is 12.2. The number of aromatic nitrogens is 1. The fraction of sp³-hybridized carbons (Fsp3) is 0.333. The molecule has 2 heterocycles. The van der Waals surface area contributed by atoms with Gasteiger partial charge in [-0.2, -0.15) is 0 Å². The van der Waals surface area contributed by atoms with E-state index in [0.29, 0.717) is 5.92 Å². The van der Waals surface area contributed by atoms with E-state index in [1.807, 2.05) is 24.4 Å². The van der Waals surface area contributed by atoms with Crippen molar-refractivity contribution in [1.82, 2.24) is 4.98 Å². The molecule has 0 saturated carbocycles. The van der Waals surface area contributed by atoms with E-state index in [9.17, 15) is 4.79 Å². The topological polar surface area (TPSA) is 39.2 Å². The fourth-order valence-corrected chi connectivity index (χ4v) is 5.06. The van der Waals surface area contributed by atoms with Crippen LogP contribution >= 0.6 is 11.3 Å². The highest BCUT2D eigenvalue weighted by Crippen LogP contribution is 2.35. The van der Waals surface area contributed by atoms with E-state index in [0.717, 1.165) is 51.8 Å². The minimum atomic E-state index is 0.225. The number of rotatable bonds is 3. The molecule has 0 saturated heterocycles. The molecule has 128 valence electrons. The molecule has 0 amide bonds. The average molecular weight is 351 g/mol. The third-order valence-corrected chi connectivity index (χ3v) is 6.45. The summed E-state index contributed by atoms with van der Waals surface area (Å²) in [5.74, 6) is 1.51. The van der Waals surface area contributed by atoms with Crippen LogP contribution < -0.4 is 10.2 Å². The van der Waals surface area contributed by atoms with Gasteiger partial charge in [-0.1, -0.05) is 19.4 Å². The van der Waals surface area contributed by atoms with Gasteiger partial charge in [-0.15, -0.1) is 11.3 Å². The SMILES string of the molecule is CCC1CCc2c(sc3cc(-c4cnccc4OC)ccc3c2=O)C1. The Bertz CT molecular complexity index is 993. The first-order valence-electron chi connectivity index (χ1n) is 8.78. The molecule has 2 aromatic heterocycles. The molecule has 3 aromatic rings. The Hall–Kier alpha value is -2.20. The molecule has 0 aliphatic heterocycles. The van der Waals surface area contributed by atoms with Crippen LogP contribution in [0.15, 0.2) is 41.5 Å². The van der Waals surface area contributed by atoms with Crippen LogP contribution in [0.1, 0.15) is 30.2 Å². The lowest BCUT2D eigenvalue weighted by molar-refractivity contribution is 0.416. The molecular formula is C21H21NO2S. The Labute approximate surface area is 151 Å². The summed E-state index contributed by atoms with van der Waals surface area (Å²) in [6.07, 6.45) is 7.84. The minimum Gasteiger partial charge on any atom is -0.496 e. The van der Waals surface area contributed by atoms with E-state index in [2.05, 4.69) is 18.0 Å². The Morgan fingerprint density at radius 1 is 1.32 bits per heavy atom. The number of hydrogen-bond acceptors (Lipinski definition) is 4. The van der Waals surface area contributed by atoms with Crippen molar-refractivity contribution < 1.29 is 4.74 Å². The van der Waals surface area contributed by atoms with Crippen molar-refractivity contribution in [3.8, 4) is 16.9 Å². The first kappa shape index (κ1) is 16.3. The summed E-state index contributed by atoms with van der Waals surface area (Å²) in [6, 6.07) is 7.93. The molecule has 0 fully saturated rings. The zero-order valence-electron chi connectivity index (χ0n) is 14.5. The molecule has 1 aliphatic rings. The van der Waals surface area contributed by atoms with Gasteiger partial charge in [0.1, 0.15) is 5.75 Å². The third-order valence-electron chi connectivity index (χ3n) is 5.24. The number of fused-ring (bicyclic) bond motifs is 2. The second-order valence-corrected chi connectivity index (χ2v) is 7.77. The molecule has 1 unspecified atom stereocenters. The maximum absolute atomic E-state index is 12.9. The second-order valence-electron chi connectivity index (χ2n) is 6.64. The lowest BCUT2D eigenvalue weighted by Gasteiger charge is -2.22. The summed E-state index contributed by atoms with van der Waals surface area (Å²) < 4.78 is 6.52. The van der Waals surface area contributed by atoms with E-state index in [1.54, 1.807) is 24.6 Å². The number of hydrogen-bond donors (Lipinski definition) is 0. The molecule has 1 aliphatic carbocycles. The fourth-order valence-electron chi connectivity index (χ4n) is 3.70. The van der Waals surface area contributed by atoms with Gasteiger partial charge in [0.2, 0.25) is 0 Å². The van der Waals surface area contributed by atoms with Gasteiger partial charge >= 0.3 is 0 Å². The largest absolute Gasteiger partial charge is 0.496 e. The van der Waals surface area contributed by atoms with E-state index < -0.39 is 0 Å². The number of methoxy groups -OCH3 is 1. The summed E-state index contributed by atoms with van der Waals surface area (Å²) in [6.45, 7) is 2.24. The second kappa shape index (κ2) is 6.60. The van der Waals surface area contributed by atoms with Crippen LogP contribution in [-0.2, 0) is 12.8 Å². The van der Waals surface area contributed by atoms with Crippen molar-refractivity contribution in [3.05, 3.63) is 57.3 Å². The average Bonchev–Trinajstić information content (AvgIpc) is 2.67. The van der Waals surface area contributed by atoms with Crippen LogP contribution in [0.4, 0.5) is 0 Å². The predicted octanol–water partition coefficient (Wildman–Crippen LogP) is 4.85. The van der Waals surface area contributed by atoms with E-state index in [-0.39, 0.29) is 5.43 Å². The molecule has 1 aromatic carbocycles. The van der Waals surface area contributed by atoms with Crippen molar-refractivity contribution in [2.45, 2.75) is 32.6 Å². The zero-order chi connectivity index (χ0) is 17.4. The highest BCUT2D eigenvalue weighted by molar-refractivity contribution is 7.18. The molecule has 0 bridgehead atoms. The summed E-state index contributed by atoms with van der Waals surface area (Å²) in [5.41, 5.74) is 3.27. The smallest absolute Gasteiger partial charge is 0.191 e. The Balaban J connectivity index is 1.87. The van der Waals surface area contributed by atoms with Gasteiger partial charge in [0, 0.05) is 38.5 Å². The predicted molar refractivity (Wildman–Crippen MR) is 104 cm³/mol. The Morgan fingerprint density at radius 3 is 3.00 bits per heavy atom. The summed E-state index contributed by atoms with van der Waals surface area (Å²) in [4.78, 5) is 18.4. The molecule has 0 N–H and O–H groups in total. The van der Waals surface area contributed by atoms with E-state index in [1.165, 1.54) is 11.3 Å². The van der Waals surface area contributed by atoms with Gasteiger partial charge in [-0.25, -0.2) is 0 Å². The van der Waals surface area contributed by atoms with Crippen molar-refractivity contribution in [1.29, 1.82) is 0 Å². The molecule has 4 rings (SSSR count). The Morgan fingerprint density at radius 2 is 2.20 bits per heavy atom. The van der Waals surface area contributed by atoms with Crippen molar-refractivity contribution >= 4 is 21.4 Å². The van der Waals surface area contributed by atoms with Crippen LogP contribution in [0.5, 0.6) is 5.75 Å². The number of benzene rings is 1. The van der Waals surface area contributed by atoms with Crippen LogP contribution in [0.3, 0.4) is 0 Å². The molecule has 4 heteroatoms. The lowest BCUT2D eigenvalue weighted by Crippen LogP contribution is -2.20. The molecule has 3 nitrogen and oxygen atoms in total. The first-order valence-corrected chi connectivity index (χ1v) is 9.60. The zero-order valence-corrected chi connectivity index (χ0v) is 15.4. The molecule has 0 radical (unpaired) electrons. The lowest BCUT2D eigenvalue weighted by atomic mass is 9.86. The summed E-state index contributed by atoms with van der Waals surface area (Å²) >= 11 is 1.78. The van der Waals surface area contributed by atoms with Crippen molar-refractivity contribution in [3.63, 3.8) is 0 Å². The van der Waals surface area contributed by atoms with Crippen molar-refractivity contribution in [2.24, 2.45) is 5.92 Å². The number of pyridine rings is 1. The van der Waals surface area contributed by atoms with E-state index in [4.69, 9.17) is 4.74 Å². The number of nitrogens with zero attached hydrogens (tertiary/aromatic N) is 1. The maximum atomic E-state index is 12.9. The maximum Gasteiger partial charge on any atom is 0.191 e. The summed E-state index contributed by atoms with van der Waals surface area (Å²) in [5, 5.41) is 0.838. The van der Waals surface area contributed by atoms with Gasteiger partial charge in [-0.05, 0) is 48.9 Å². The van der Waals surface area contributed by atoms with Crippen molar-refractivity contribution in [2.75, 3.05) is 7.11 Å². The van der Waals surface area contributed by atoms with Crippen LogP contribution in [0, 0.1) is 5.92 Å². The monoisotopic (exact) mass is 351 g/mol. The quantitative estimate of drug-likeness (QED) is 0.677. The van der Waals surface area contributed by atoms with Gasteiger partial charge in [0.15, 0.2) is 5.43 Å². The van der Waals surface area contributed by atoms with Crippen LogP contribution in [0.25, 0.3) is 21.2 Å².